The molecule has 0 fully saturated rings. The van der Waals surface area contributed by atoms with Gasteiger partial charge in [0.2, 0.25) is 0 Å². The molecule has 0 amide bonds. The number of fused-ring (bicyclic) bond motifs is 1. The van der Waals surface area contributed by atoms with Crippen molar-refractivity contribution in [3.05, 3.63) is 48.9 Å². The molecule has 0 aliphatic rings. The van der Waals surface area contributed by atoms with Gasteiger partial charge in [-0.3, -0.25) is 4.57 Å². The van der Waals surface area contributed by atoms with E-state index in [0.717, 1.165) is 28.2 Å². The van der Waals surface area contributed by atoms with Gasteiger partial charge in [0.15, 0.2) is 5.82 Å². The number of aliphatic hydroxyl groups is 1. The first-order valence-corrected chi connectivity index (χ1v) is 6.47. The summed E-state index contributed by atoms with van der Waals surface area (Å²) in [5.74, 6) is 1.34. The summed E-state index contributed by atoms with van der Waals surface area (Å²) >= 11 is 0. The molecule has 0 unspecified atom stereocenters. The van der Waals surface area contributed by atoms with E-state index in [4.69, 9.17) is 5.11 Å². The van der Waals surface area contributed by atoms with Crippen LogP contribution >= 0.6 is 0 Å². The molecule has 1 aromatic carbocycles. The number of aromatic nitrogens is 6. The van der Waals surface area contributed by atoms with Crippen molar-refractivity contribution in [1.82, 2.24) is 29.5 Å². The Morgan fingerprint density at radius 3 is 3.05 bits per heavy atom. The van der Waals surface area contributed by atoms with Gasteiger partial charge in [0.05, 0.1) is 23.6 Å². The minimum Gasteiger partial charge on any atom is -0.388 e. The topological polar surface area (TPSA) is 95.4 Å². The summed E-state index contributed by atoms with van der Waals surface area (Å²) in [5.41, 5.74) is 3.50. The second kappa shape index (κ2) is 4.57. The fourth-order valence-corrected chi connectivity index (χ4v) is 2.36. The molecule has 0 saturated heterocycles. The van der Waals surface area contributed by atoms with Crippen LogP contribution in [0.1, 0.15) is 5.82 Å². The van der Waals surface area contributed by atoms with E-state index in [2.05, 4.69) is 24.9 Å². The molecule has 7 nitrogen and oxygen atoms in total. The largest absolute Gasteiger partial charge is 0.388 e. The van der Waals surface area contributed by atoms with Crippen LogP contribution < -0.4 is 0 Å². The molecule has 3 N–H and O–H groups in total. The first-order valence-electron chi connectivity index (χ1n) is 6.47. The highest BCUT2D eigenvalue weighted by Gasteiger charge is 2.10. The summed E-state index contributed by atoms with van der Waals surface area (Å²) in [6.45, 7) is -0.103. The molecule has 104 valence electrons. The molecule has 4 rings (SSSR count). The van der Waals surface area contributed by atoms with Gasteiger partial charge in [-0.1, -0.05) is 0 Å². The van der Waals surface area contributed by atoms with E-state index in [0.29, 0.717) is 5.82 Å². The first-order chi connectivity index (χ1) is 10.3. The van der Waals surface area contributed by atoms with Crippen LogP contribution in [0.25, 0.3) is 28.2 Å². The molecule has 0 aliphatic heterocycles. The standard InChI is InChI=1S/C14H12N6O/c21-7-13-18-10-2-1-9(5-11(10)19-13)20-4-3-16-14(20)12-6-15-8-17-12/h1-6,8,21H,7H2,(H,15,17)(H,18,19). The van der Waals surface area contributed by atoms with Crippen molar-refractivity contribution in [2.75, 3.05) is 0 Å². The van der Waals surface area contributed by atoms with Crippen LogP contribution in [0.2, 0.25) is 0 Å². The molecule has 4 aromatic rings. The average molecular weight is 280 g/mol. The van der Waals surface area contributed by atoms with E-state index in [9.17, 15) is 0 Å². The van der Waals surface area contributed by atoms with Crippen LogP contribution in [0.3, 0.4) is 0 Å². The fraction of sp³-hybridized carbons (Fsp3) is 0.0714. The summed E-state index contributed by atoms with van der Waals surface area (Å²) in [7, 11) is 0. The first kappa shape index (κ1) is 11.9. The maximum atomic E-state index is 9.14. The number of H-pyrrole nitrogens is 2. The van der Waals surface area contributed by atoms with Crippen molar-refractivity contribution < 1.29 is 5.11 Å². The van der Waals surface area contributed by atoms with Crippen LogP contribution in [-0.2, 0) is 6.61 Å². The summed E-state index contributed by atoms with van der Waals surface area (Å²) < 4.78 is 1.96. The van der Waals surface area contributed by atoms with Gasteiger partial charge in [0.1, 0.15) is 18.1 Å². The molecule has 3 aromatic heterocycles. The molecule has 0 aliphatic carbocycles. The number of rotatable bonds is 3. The molecule has 0 radical (unpaired) electrons. The normalized spacial score (nSPS) is 11.3. The lowest BCUT2D eigenvalue weighted by Gasteiger charge is -2.06. The SMILES string of the molecule is OCc1nc2ccc(-n3ccnc3-c3cnc[nH]3)cc2[nH]1. The molecular formula is C14H12N6O. The Labute approximate surface area is 119 Å². The summed E-state index contributed by atoms with van der Waals surface area (Å²) in [4.78, 5) is 18.8. The minimum absolute atomic E-state index is 0.103. The Kier molecular flexibility index (Phi) is 2.58. The lowest BCUT2D eigenvalue weighted by molar-refractivity contribution is 0.273. The van der Waals surface area contributed by atoms with Crippen molar-refractivity contribution >= 4 is 11.0 Å². The average Bonchev–Trinajstić information content (AvgIpc) is 3.24. The third-order valence-corrected chi connectivity index (χ3v) is 3.32. The van der Waals surface area contributed by atoms with Gasteiger partial charge >= 0.3 is 0 Å². The zero-order valence-corrected chi connectivity index (χ0v) is 11.0. The number of hydrogen-bond acceptors (Lipinski definition) is 4. The number of benzene rings is 1. The van der Waals surface area contributed by atoms with Gasteiger partial charge in [0, 0.05) is 18.1 Å². The summed E-state index contributed by atoms with van der Waals surface area (Å²) in [5, 5.41) is 9.14. The van der Waals surface area contributed by atoms with Gasteiger partial charge in [-0.15, -0.1) is 0 Å². The molecule has 21 heavy (non-hydrogen) atoms. The number of nitrogens with one attached hydrogen (secondary N) is 2. The van der Waals surface area contributed by atoms with Crippen LogP contribution in [-0.4, -0.2) is 34.6 Å². The number of nitrogens with zero attached hydrogens (tertiary/aromatic N) is 4. The molecule has 3 heterocycles. The number of aliphatic hydroxyl groups excluding tert-OH is 1. The minimum atomic E-state index is -0.103. The second-order valence-electron chi connectivity index (χ2n) is 4.63. The molecular weight excluding hydrogens is 268 g/mol. The van der Waals surface area contributed by atoms with Crippen LogP contribution in [0.5, 0.6) is 0 Å². The summed E-state index contributed by atoms with van der Waals surface area (Å²) in [6.07, 6.45) is 6.99. The molecule has 0 saturated carbocycles. The van der Waals surface area contributed by atoms with Gasteiger partial charge in [-0.25, -0.2) is 15.0 Å². The smallest absolute Gasteiger partial charge is 0.162 e. The zero-order chi connectivity index (χ0) is 14.2. The summed E-state index contributed by atoms with van der Waals surface area (Å²) in [6, 6.07) is 5.85. The quantitative estimate of drug-likeness (QED) is 0.531. The van der Waals surface area contributed by atoms with E-state index >= 15 is 0 Å². The van der Waals surface area contributed by atoms with Gasteiger partial charge in [-0.2, -0.15) is 0 Å². The van der Waals surface area contributed by atoms with Crippen molar-refractivity contribution in [1.29, 1.82) is 0 Å². The molecule has 0 spiro atoms. The Balaban J connectivity index is 1.85. The Bertz CT molecular complexity index is 889. The second-order valence-corrected chi connectivity index (χ2v) is 4.63. The van der Waals surface area contributed by atoms with Crippen molar-refractivity contribution in [2.24, 2.45) is 0 Å². The van der Waals surface area contributed by atoms with Crippen LogP contribution in [0.15, 0.2) is 43.1 Å². The van der Waals surface area contributed by atoms with Crippen LogP contribution in [0.4, 0.5) is 0 Å². The lowest BCUT2D eigenvalue weighted by Crippen LogP contribution is -1.96. The number of hydrogen-bond donors (Lipinski definition) is 3. The fourth-order valence-electron chi connectivity index (χ4n) is 2.36. The van der Waals surface area contributed by atoms with Crippen LogP contribution in [0, 0.1) is 0 Å². The monoisotopic (exact) mass is 280 g/mol. The van der Waals surface area contributed by atoms with Crippen molar-refractivity contribution in [2.45, 2.75) is 6.61 Å². The van der Waals surface area contributed by atoms with Crippen molar-refractivity contribution in [3.63, 3.8) is 0 Å². The highest BCUT2D eigenvalue weighted by atomic mass is 16.3. The van der Waals surface area contributed by atoms with Gasteiger partial charge in [-0.05, 0) is 18.2 Å². The van der Waals surface area contributed by atoms with E-state index in [-0.39, 0.29) is 6.61 Å². The van der Waals surface area contributed by atoms with Gasteiger partial charge in [0.25, 0.3) is 0 Å². The van der Waals surface area contributed by atoms with E-state index < -0.39 is 0 Å². The molecule has 7 heteroatoms. The Morgan fingerprint density at radius 2 is 2.24 bits per heavy atom. The highest BCUT2D eigenvalue weighted by Crippen LogP contribution is 2.22. The number of aromatic amines is 2. The third kappa shape index (κ3) is 1.91. The van der Waals surface area contributed by atoms with E-state index in [1.165, 1.54) is 0 Å². The van der Waals surface area contributed by atoms with Crippen molar-refractivity contribution in [3.8, 4) is 17.2 Å². The Hall–Kier alpha value is -2.93. The molecule has 0 bridgehead atoms. The highest BCUT2D eigenvalue weighted by molar-refractivity contribution is 5.78. The maximum absolute atomic E-state index is 9.14. The number of imidazole rings is 3. The predicted octanol–water partition coefficient (Wildman–Crippen LogP) is 1.63. The third-order valence-electron chi connectivity index (χ3n) is 3.32. The lowest BCUT2D eigenvalue weighted by atomic mass is 10.2. The maximum Gasteiger partial charge on any atom is 0.162 e. The molecule has 0 atom stereocenters. The van der Waals surface area contributed by atoms with E-state index in [1.807, 2.05) is 29.0 Å². The zero-order valence-electron chi connectivity index (χ0n) is 11.0. The van der Waals surface area contributed by atoms with E-state index in [1.54, 1.807) is 18.7 Å². The van der Waals surface area contributed by atoms with Gasteiger partial charge < -0.3 is 15.1 Å². The Morgan fingerprint density at radius 1 is 1.29 bits per heavy atom. The predicted molar refractivity (Wildman–Crippen MR) is 76.7 cm³/mol.